The SMILES string of the molecule is CCC(O)CC1(C#N)CCCN1. The van der Waals surface area contributed by atoms with Crippen LogP contribution in [-0.2, 0) is 0 Å². The molecule has 2 atom stereocenters. The molecule has 68 valence electrons. The molecule has 3 nitrogen and oxygen atoms in total. The second kappa shape index (κ2) is 3.88. The van der Waals surface area contributed by atoms with Crippen molar-refractivity contribution < 1.29 is 5.11 Å². The van der Waals surface area contributed by atoms with Gasteiger partial charge in [-0.1, -0.05) is 6.92 Å². The average molecular weight is 168 g/mol. The number of aliphatic hydroxyl groups excluding tert-OH is 1. The maximum absolute atomic E-state index is 9.42. The summed E-state index contributed by atoms with van der Waals surface area (Å²) in [5, 5.41) is 21.5. The first kappa shape index (κ1) is 9.50. The Morgan fingerprint density at radius 2 is 2.50 bits per heavy atom. The molecule has 0 radical (unpaired) electrons. The highest BCUT2D eigenvalue weighted by Gasteiger charge is 2.34. The summed E-state index contributed by atoms with van der Waals surface area (Å²) >= 11 is 0. The van der Waals surface area contributed by atoms with Crippen LogP contribution in [0.15, 0.2) is 0 Å². The minimum absolute atomic E-state index is 0.338. The number of nitrogens with one attached hydrogen (secondary N) is 1. The van der Waals surface area contributed by atoms with Gasteiger partial charge in [-0.2, -0.15) is 5.26 Å². The summed E-state index contributed by atoms with van der Waals surface area (Å²) in [5.74, 6) is 0. The van der Waals surface area contributed by atoms with Crippen molar-refractivity contribution >= 4 is 0 Å². The van der Waals surface area contributed by atoms with Gasteiger partial charge in [0.1, 0.15) is 5.54 Å². The Balaban J connectivity index is 2.51. The summed E-state index contributed by atoms with van der Waals surface area (Å²) < 4.78 is 0. The van der Waals surface area contributed by atoms with Gasteiger partial charge in [0.05, 0.1) is 12.2 Å². The first-order chi connectivity index (χ1) is 5.72. The lowest BCUT2D eigenvalue weighted by molar-refractivity contribution is 0.135. The largest absolute Gasteiger partial charge is 0.393 e. The molecule has 3 heteroatoms. The van der Waals surface area contributed by atoms with Crippen LogP contribution < -0.4 is 5.32 Å². The molecule has 2 N–H and O–H groups in total. The molecule has 0 aromatic heterocycles. The van der Waals surface area contributed by atoms with Crippen molar-refractivity contribution in [1.29, 1.82) is 5.26 Å². The molecular formula is C9H16N2O. The Kier molecular flexibility index (Phi) is 3.07. The van der Waals surface area contributed by atoms with Crippen molar-refractivity contribution in [2.45, 2.75) is 44.2 Å². The quantitative estimate of drug-likeness (QED) is 0.655. The predicted molar refractivity (Wildman–Crippen MR) is 46.5 cm³/mol. The van der Waals surface area contributed by atoms with E-state index in [9.17, 15) is 5.11 Å². The molecule has 1 rings (SSSR count). The lowest BCUT2D eigenvalue weighted by atomic mass is 9.91. The third-order valence-electron chi connectivity index (χ3n) is 2.51. The van der Waals surface area contributed by atoms with Gasteiger partial charge < -0.3 is 5.11 Å². The zero-order valence-corrected chi connectivity index (χ0v) is 7.51. The third-order valence-corrected chi connectivity index (χ3v) is 2.51. The Labute approximate surface area is 73.4 Å². The van der Waals surface area contributed by atoms with Crippen LogP contribution in [0.2, 0.25) is 0 Å². The van der Waals surface area contributed by atoms with Gasteiger partial charge in [0.25, 0.3) is 0 Å². The van der Waals surface area contributed by atoms with Crippen molar-refractivity contribution in [3.63, 3.8) is 0 Å². The first-order valence-corrected chi connectivity index (χ1v) is 4.57. The summed E-state index contributed by atoms with van der Waals surface area (Å²) in [6.45, 7) is 2.84. The molecule has 1 aliphatic heterocycles. The van der Waals surface area contributed by atoms with Gasteiger partial charge in [0, 0.05) is 6.42 Å². The number of rotatable bonds is 3. The highest BCUT2D eigenvalue weighted by atomic mass is 16.3. The van der Waals surface area contributed by atoms with E-state index >= 15 is 0 Å². The zero-order valence-electron chi connectivity index (χ0n) is 7.51. The normalized spacial score (nSPS) is 31.4. The first-order valence-electron chi connectivity index (χ1n) is 4.57. The lowest BCUT2D eigenvalue weighted by Gasteiger charge is -2.23. The standard InChI is InChI=1S/C9H16N2O/c1-2-8(12)6-9(7-10)4-3-5-11-9/h8,11-12H,2-6H2,1H3. The van der Waals surface area contributed by atoms with Gasteiger partial charge in [-0.15, -0.1) is 0 Å². The molecule has 2 unspecified atom stereocenters. The topological polar surface area (TPSA) is 56.0 Å². The minimum Gasteiger partial charge on any atom is -0.393 e. The van der Waals surface area contributed by atoms with E-state index in [0.29, 0.717) is 6.42 Å². The smallest absolute Gasteiger partial charge is 0.109 e. The Morgan fingerprint density at radius 3 is 2.92 bits per heavy atom. The van der Waals surface area contributed by atoms with Crippen LogP contribution in [0.5, 0.6) is 0 Å². The molecule has 1 saturated heterocycles. The molecule has 0 amide bonds. The Hall–Kier alpha value is -0.590. The molecule has 0 saturated carbocycles. The second-order valence-corrected chi connectivity index (χ2v) is 3.49. The van der Waals surface area contributed by atoms with Crippen molar-refractivity contribution in [3.8, 4) is 6.07 Å². The van der Waals surface area contributed by atoms with Crippen molar-refractivity contribution in [3.05, 3.63) is 0 Å². The van der Waals surface area contributed by atoms with Crippen molar-refractivity contribution in [2.24, 2.45) is 0 Å². The molecule has 12 heavy (non-hydrogen) atoms. The van der Waals surface area contributed by atoms with Gasteiger partial charge in [0.2, 0.25) is 0 Å². The van der Waals surface area contributed by atoms with Crippen LogP contribution in [0.25, 0.3) is 0 Å². The fraction of sp³-hybridized carbons (Fsp3) is 0.889. The summed E-state index contributed by atoms with van der Waals surface area (Å²) in [6.07, 6.45) is 2.88. The molecule has 0 aromatic carbocycles. The lowest BCUT2D eigenvalue weighted by Crippen LogP contribution is -2.41. The van der Waals surface area contributed by atoms with Crippen LogP contribution in [0.1, 0.15) is 32.6 Å². The summed E-state index contributed by atoms with van der Waals surface area (Å²) in [7, 11) is 0. The van der Waals surface area contributed by atoms with E-state index in [0.717, 1.165) is 25.8 Å². The van der Waals surface area contributed by atoms with Crippen LogP contribution in [0.3, 0.4) is 0 Å². The molecule has 0 aromatic rings. The summed E-state index contributed by atoms with van der Waals surface area (Å²) in [5.41, 5.74) is -0.435. The van der Waals surface area contributed by atoms with Crippen molar-refractivity contribution in [1.82, 2.24) is 5.32 Å². The summed E-state index contributed by atoms with van der Waals surface area (Å²) in [6, 6.07) is 2.27. The molecule has 0 spiro atoms. The van der Waals surface area contributed by atoms with Crippen molar-refractivity contribution in [2.75, 3.05) is 6.54 Å². The summed E-state index contributed by atoms with van der Waals surface area (Å²) in [4.78, 5) is 0. The third kappa shape index (κ3) is 1.96. The van der Waals surface area contributed by atoms with Gasteiger partial charge in [0.15, 0.2) is 0 Å². The maximum Gasteiger partial charge on any atom is 0.109 e. The minimum atomic E-state index is -0.435. The molecule has 1 fully saturated rings. The fourth-order valence-corrected chi connectivity index (χ4v) is 1.67. The molecule has 0 aliphatic carbocycles. The zero-order chi connectivity index (χ0) is 9.03. The maximum atomic E-state index is 9.42. The molecule has 1 aliphatic rings. The highest BCUT2D eigenvalue weighted by Crippen LogP contribution is 2.24. The van der Waals surface area contributed by atoms with Crippen LogP contribution in [-0.4, -0.2) is 23.3 Å². The van der Waals surface area contributed by atoms with E-state index in [4.69, 9.17) is 5.26 Å². The van der Waals surface area contributed by atoms with E-state index in [1.807, 2.05) is 6.92 Å². The molecular weight excluding hydrogens is 152 g/mol. The number of nitrogens with zero attached hydrogens (tertiary/aromatic N) is 1. The number of hydrogen-bond acceptors (Lipinski definition) is 3. The van der Waals surface area contributed by atoms with Gasteiger partial charge in [-0.3, -0.25) is 5.32 Å². The second-order valence-electron chi connectivity index (χ2n) is 3.49. The molecule has 0 bridgehead atoms. The van der Waals surface area contributed by atoms with E-state index in [-0.39, 0.29) is 6.10 Å². The number of hydrogen-bond donors (Lipinski definition) is 2. The predicted octanol–water partition coefficient (Wildman–Crippen LogP) is 0.793. The van der Waals surface area contributed by atoms with Gasteiger partial charge in [-0.05, 0) is 25.8 Å². The Bertz CT molecular complexity index is 179. The number of aliphatic hydroxyl groups is 1. The van der Waals surface area contributed by atoms with Gasteiger partial charge >= 0.3 is 0 Å². The van der Waals surface area contributed by atoms with E-state index in [1.54, 1.807) is 0 Å². The van der Waals surface area contributed by atoms with Crippen LogP contribution in [0.4, 0.5) is 0 Å². The Morgan fingerprint density at radius 1 is 1.75 bits per heavy atom. The van der Waals surface area contributed by atoms with Gasteiger partial charge in [-0.25, -0.2) is 0 Å². The van der Waals surface area contributed by atoms with E-state index in [1.165, 1.54) is 0 Å². The number of nitriles is 1. The van der Waals surface area contributed by atoms with E-state index in [2.05, 4.69) is 11.4 Å². The average Bonchev–Trinajstić information content (AvgIpc) is 2.54. The van der Waals surface area contributed by atoms with Crippen LogP contribution in [0, 0.1) is 11.3 Å². The monoisotopic (exact) mass is 168 g/mol. The highest BCUT2D eigenvalue weighted by molar-refractivity contribution is 5.10. The van der Waals surface area contributed by atoms with E-state index < -0.39 is 5.54 Å². The van der Waals surface area contributed by atoms with Crippen LogP contribution >= 0.6 is 0 Å². The fourth-order valence-electron chi connectivity index (χ4n) is 1.67. The molecule has 1 heterocycles.